The van der Waals surface area contributed by atoms with E-state index in [1.54, 1.807) is 25.6 Å². The van der Waals surface area contributed by atoms with Gasteiger partial charge in [-0.15, -0.1) is 0 Å². The molecule has 0 saturated heterocycles. The van der Waals surface area contributed by atoms with Gasteiger partial charge in [0.05, 0.1) is 12.3 Å². The maximum atomic E-state index is 11.6. The van der Waals surface area contributed by atoms with E-state index in [4.69, 9.17) is 9.15 Å². The van der Waals surface area contributed by atoms with Crippen molar-refractivity contribution in [3.63, 3.8) is 0 Å². The second-order valence-corrected chi connectivity index (χ2v) is 3.94. The van der Waals surface area contributed by atoms with Crippen LogP contribution < -0.4 is 0 Å². The summed E-state index contributed by atoms with van der Waals surface area (Å²) in [6.45, 7) is 5.63. The molecule has 0 N–H and O–H groups in total. The number of aryl methyl sites for hydroxylation is 3. The first-order valence-corrected chi connectivity index (χ1v) is 5.68. The van der Waals surface area contributed by atoms with Gasteiger partial charge in [0, 0.05) is 7.05 Å². The van der Waals surface area contributed by atoms with E-state index in [9.17, 15) is 4.79 Å². The first kappa shape index (κ1) is 12.3. The highest BCUT2D eigenvalue weighted by molar-refractivity contribution is 5.88. The topological polar surface area (TPSA) is 70.2 Å². The first-order chi connectivity index (χ1) is 8.52. The Morgan fingerprint density at radius 1 is 1.50 bits per heavy atom. The Morgan fingerprint density at radius 2 is 2.22 bits per heavy atom. The Balaban J connectivity index is 2.40. The molecule has 2 rings (SSSR count). The third kappa shape index (κ3) is 2.13. The molecule has 0 amide bonds. The molecule has 0 fully saturated rings. The molecule has 6 nitrogen and oxygen atoms in total. The van der Waals surface area contributed by atoms with Crippen molar-refractivity contribution in [2.45, 2.75) is 20.8 Å². The van der Waals surface area contributed by atoms with Crippen LogP contribution in [0.25, 0.3) is 11.6 Å². The van der Waals surface area contributed by atoms with Crippen LogP contribution in [0.4, 0.5) is 0 Å². The van der Waals surface area contributed by atoms with Crippen LogP contribution in [0.15, 0.2) is 10.5 Å². The number of esters is 1. The molecule has 0 aliphatic rings. The maximum Gasteiger partial charge on any atom is 0.360 e. The Morgan fingerprint density at radius 3 is 2.78 bits per heavy atom. The predicted octanol–water partition coefficient (Wildman–Crippen LogP) is 1.87. The molecule has 0 unspecified atom stereocenters. The summed E-state index contributed by atoms with van der Waals surface area (Å²) < 4.78 is 12.1. The van der Waals surface area contributed by atoms with Gasteiger partial charge < -0.3 is 9.15 Å². The zero-order valence-electron chi connectivity index (χ0n) is 10.9. The summed E-state index contributed by atoms with van der Waals surface area (Å²) in [7, 11) is 1.80. The van der Waals surface area contributed by atoms with E-state index in [2.05, 4.69) is 10.1 Å². The van der Waals surface area contributed by atoms with E-state index < -0.39 is 5.97 Å². The van der Waals surface area contributed by atoms with Crippen molar-refractivity contribution >= 4 is 5.97 Å². The van der Waals surface area contributed by atoms with Crippen molar-refractivity contribution in [1.29, 1.82) is 0 Å². The smallest absolute Gasteiger partial charge is 0.360 e. The lowest BCUT2D eigenvalue weighted by molar-refractivity contribution is 0.0518. The van der Waals surface area contributed by atoms with Crippen LogP contribution in [-0.2, 0) is 11.8 Å². The largest absolute Gasteiger partial charge is 0.461 e. The van der Waals surface area contributed by atoms with Gasteiger partial charge in [-0.25, -0.2) is 9.78 Å². The molecule has 0 atom stereocenters. The van der Waals surface area contributed by atoms with Crippen molar-refractivity contribution in [3.8, 4) is 11.6 Å². The molecule has 0 saturated carbocycles. The van der Waals surface area contributed by atoms with Gasteiger partial charge >= 0.3 is 5.97 Å². The minimum absolute atomic E-state index is 0.214. The predicted molar refractivity (Wildman–Crippen MR) is 64.1 cm³/mol. The van der Waals surface area contributed by atoms with Crippen molar-refractivity contribution in [3.05, 3.63) is 23.2 Å². The summed E-state index contributed by atoms with van der Waals surface area (Å²) in [6.07, 6.45) is 0. The highest BCUT2D eigenvalue weighted by Crippen LogP contribution is 2.22. The second-order valence-electron chi connectivity index (χ2n) is 3.94. The SMILES string of the molecule is CCOC(=O)c1nc(-c2cc(C)nn2C)oc1C. The van der Waals surface area contributed by atoms with Gasteiger partial charge in [-0.3, -0.25) is 4.68 Å². The highest BCUT2D eigenvalue weighted by atomic mass is 16.5. The van der Waals surface area contributed by atoms with E-state index in [1.807, 2.05) is 13.0 Å². The number of rotatable bonds is 3. The minimum atomic E-state index is -0.469. The van der Waals surface area contributed by atoms with Crippen molar-refractivity contribution in [2.75, 3.05) is 6.61 Å². The van der Waals surface area contributed by atoms with Crippen LogP contribution in [0.2, 0.25) is 0 Å². The lowest BCUT2D eigenvalue weighted by atomic mass is 10.3. The third-order valence-electron chi connectivity index (χ3n) is 2.49. The van der Waals surface area contributed by atoms with Gasteiger partial charge in [-0.05, 0) is 26.8 Å². The van der Waals surface area contributed by atoms with Crippen molar-refractivity contribution in [1.82, 2.24) is 14.8 Å². The van der Waals surface area contributed by atoms with Gasteiger partial charge in [0.1, 0.15) is 11.5 Å². The maximum absolute atomic E-state index is 11.6. The monoisotopic (exact) mass is 249 g/mol. The molecule has 18 heavy (non-hydrogen) atoms. The van der Waals surface area contributed by atoms with E-state index in [0.29, 0.717) is 18.3 Å². The average Bonchev–Trinajstić information content (AvgIpc) is 2.82. The molecule has 0 bridgehead atoms. The summed E-state index contributed by atoms with van der Waals surface area (Å²) in [5, 5.41) is 4.21. The molecule has 2 aromatic rings. The first-order valence-electron chi connectivity index (χ1n) is 5.68. The fourth-order valence-electron chi connectivity index (χ4n) is 1.71. The van der Waals surface area contributed by atoms with Gasteiger partial charge in [0.2, 0.25) is 5.89 Å². The minimum Gasteiger partial charge on any atom is -0.461 e. The molecule has 0 aromatic carbocycles. The Hall–Kier alpha value is -2.11. The number of hydrogen-bond acceptors (Lipinski definition) is 5. The zero-order chi connectivity index (χ0) is 13.3. The quantitative estimate of drug-likeness (QED) is 0.776. The van der Waals surface area contributed by atoms with E-state index in [0.717, 1.165) is 11.4 Å². The standard InChI is InChI=1S/C12H15N3O3/c1-5-17-12(16)10-8(3)18-11(13-10)9-6-7(2)14-15(9)4/h6H,5H2,1-4H3. The summed E-state index contributed by atoms with van der Waals surface area (Å²) in [6, 6.07) is 1.85. The molecule has 96 valence electrons. The molecule has 6 heteroatoms. The Bertz CT molecular complexity index is 583. The van der Waals surface area contributed by atoms with Gasteiger partial charge in [0.15, 0.2) is 5.69 Å². The normalized spacial score (nSPS) is 10.7. The fourth-order valence-corrected chi connectivity index (χ4v) is 1.71. The molecule has 0 aliphatic carbocycles. The molecular formula is C12H15N3O3. The molecule has 2 aromatic heterocycles. The Labute approximate surface area is 105 Å². The molecule has 2 heterocycles. The van der Waals surface area contributed by atoms with Gasteiger partial charge in [-0.2, -0.15) is 5.10 Å². The van der Waals surface area contributed by atoms with E-state index >= 15 is 0 Å². The van der Waals surface area contributed by atoms with E-state index in [1.165, 1.54) is 0 Å². The summed E-state index contributed by atoms with van der Waals surface area (Å²) in [5.74, 6) is 0.352. The summed E-state index contributed by atoms with van der Waals surface area (Å²) >= 11 is 0. The van der Waals surface area contributed by atoms with Crippen LogP contribution in [0, 0.1) is 13.8 Å². The third-order valence-corrected chi connectivity index (χ3v) is 2.49. The van der Waals surface area contributed by atoms with Gasteiger partial charge in [-0.1, -0.05) is 0 Å². The number of carbonyl (C=O) groups excluding carboxylic acids is 1. The molecule has 0 radical (unpaired) electrons. The number of ether oxygens (including phenoxy) is 1. The average molecular weight is 249 g/mol. The number of carbonyl (C=O) groups is 1. The van der Waals surface area contributed by atoms with Crippen LogP contribution in [0.1, 0.15) is 28.9 Å². The highest BCUT2D eigenvalue weighted by Gasteiger charge is 2.20. The lowest BCUT2D eigenvalue weighted by Crippen LogP contribution is -2.06. The van der Waals surface area contributed by atoms with Crippen LogP contribution >= 0.6 is 0 Å². The Kier molecular flexibility index (Phi) is 3.18. The van der Waals surface area contributed by atoms with Crippen molar-refractivity contribution < 1.29 is 13.9 Å². The molecule has 0 aliphatic heterocycles. The number of hydrogen-bond donors (Lipinski definition) is 0. The number of aromatic nitrogens is 3. The second kappa shape index (κ2) is 4.64. The van der Waals surface area contributed by atoms with Crippen LogP contribution in [-0.4, -0.2) is 27.3 Å². The zero-order valence-corrected chi connectivity index (χ0v) is 10.9. The van der Waals surface area contributed by atoms with Crippen LogP contribution in [0.5, 0.6) is 0 Å². The fraction of sp³-hybridized carbons (Fsp3) is 0.417. The molecule has 0 spiro atoms. The number of nitrogens with zero attached hydrogens (tertiary/aromatic N) is 3. The molecular weight excluding hydrogens is 234 g/mol. The number of oxazole rings is 1. The summed E-state index contributed by atoms with van der Waals surface area (Å²) in [4.78, 5) is 15.8. The summed E-state index contributed by atoms with van der Waals surface area (Å²) in [5.41, 5.74) is 1.80. The van der Waals surface area contributed by atoms with E-state index in [-0.39, 0.29) is 5.69 Å². The lowest BCUT2D eigenvalue weighted by Gasteiger charge is -1.96. The van der Waals surface area contributed by atoms with Gasteiger partial charge in [0.25, 0.3) is 0 Å². The van der Waals surface area contributed by atoms with Crippen LogP contribution in [0.3, 0.4) is 0 Å². The van der Waals surface area contributed by atoms with Crippen molar-refractivity contribution in [2.24, 2.45) is 7.05 Å².